The van der Waals surface area contributed by atoms with Gasteiger partial charge in [-0.25, -0.2) is 0 Å². The van der Waals surface area contributed by atoms with Crippen LogP contribution in [0.3, 0.4) is 0 Å². The summed E-state index contributed by atoms with van der Waals surface area (Å²) in [6.07, 6.45) is 12.9. The molecule has 3 rings (SSSR count). The second-order valence-corrected chi connectivity index (χ2v) is 9.35. The topological polar surface area (TPSA) is 52.7 Å². The number of carbonyl (C=O) groups excluding carboxylic acids is 1. The van der Waals surface area contributed by atoms with Crippen LogP contribution in [-0.2, 0) is 17.9 Å². The third-order valence-corrected chi connectivity index (χ3v) is 5.69. The van der Waals surface area contributed by atoms with Crippen LogP contribution in [0.2, 0.25) is 0 Å². The van der Waals surface area contributed by atoms with Crippen molar-refractivity contribution in [1.29, 1.82) is 0 Å². The lowest BCUT2D eigenvalue weighted by atomic mass is 9.68. The smallest absolute Gasteiger partial charge is 0.185 e. The van der Waals surface area contributed by atoms with Gasteiger partial charge in [-0.2, -0.15) is 10.2 Å². The summed E-state index contributed by atoms with van der Waals surface area (Å²) in [5, 5.41) is 8.62. The lowest BCUT2D eigenvalue weighted by molar-refractivity contribution is -0.113. The number of alkyl halides is 2. The summed E-state index contributed by atoms with van der Waals surface area (Å²) in [5.41, 5.74) is 3.64. The average Bonchev–Trinajstić information content (AvgIpc) is 3.27. The molecule has 5 nitrogen and oxygen atoms in total. The molecule has 29 heavy (non-hydrogen) atoms. The molecule has 2 heterocycles. The number of aryl methyl sites for hydroxylation is 2. The standard InChI is InChI=1S/C22H28Cl2N4O/c1-22(2,3)20-10-18(8-16-12-25-27(14-16)6-4-23)21(29)19(11-20)9-17-13-26-28(15-17)7-5-24/h8-9,12-15,20H,4-7,10-11H2,1-3H3. The fraction of sp³-hybridized carbons (Fsp3) is 0.500. The molecule has 1 fully saturated rings. The summed E-state index contributed by atoms with van der Waals surface area (Å²) in [6, 6.07) is 0. The van der Waals surface area contributed by atoms with Gasteiger partial charge in [-0.15, -0.1) is 23.2 Å². The summed E-state index contributed by atoms with van der Waals surface area (Å²) in [7, 11) is 0. The highest BCUT2D eigenvalue weighted by atomic mass is 35.5. The predicted molar refractivity (Wildman–Crippen MR) is 119 cm³/mol. The lowest BCUT2D eigenvalue weighted by Crippen LogP contribution is -2.29. The molecule has 0 radical (unpaired) electrons. The molecule has 0 bridgehead atoms. The quantitative estimate of drug-likeness (QED) is 0.471. The van der Waals surface area contributed by atoms with Gasteiger partial charge in [0.05, 0.1) is 25.5 Å². The van der Waals surface area contributed by atoms with Gasteiger partial charge in [0.1, 0.15) is 0 Å². The van der Waals surface area contributed by atoms with Crippen molar-refractivity contribution in [3.05, 3.63) is 47.1 Å². The van der Waals surface area contributed by atoms with Crippen LogP contribution in [0.5, 0.6) is 0 Å². The zero-order valence-electron chi connectivity index (χ0n) is 17.2. The van der Waals surface area contributed by atoms with E-state index in [4.69, 9.17) is 23.2 Å². The van der Waals surface area contributed by atoms with Crippen LogP contribution in [-0.4, -0.2) is 37.1 Å². The van der Waals surface area contributed by atoms with E-state index in [0.29, 0.717) is 30.8 Å². The van der Waals surface area contributed by atoms with E-state index < -0.39 is 0 Å². The van der Waals surface area contributed by atoms with Crippen molar-refractivity contribution in [3.63, 3.8) is 0 Å². The lowest BCUT2D eigenvalue weighted by Gasteiger charge is -2.35. The minimum absolute atomic E-state index is 0.102. The molecule has 0 atom stereocenters. The van der Waals surface area contributed by atoms with Crippen LogP contribution in [0.25, 0.3) is 12.2 Å². The summed E-state index contributed by atoms with van der Waals surface area (Å²) in [5.74, 6) is 1.51. The Morgan fingerprint density at radius 2 is 1.41 bits per heavy atom. The minimum Gasteiger partial charge on any atom is -0.289 e. The van der Waals surface area contributed by atoms with Crippen molar-refractivity contribution >= 4 is 41.1 Å². The third-order valence-electron chi connectivity index (χ3n) is 5.36. The first-order valence-electron chi connectivity index (χ1n) is 9.93. The van der Waals surface area contributed by atoms with E-state index in [9.17, 15) is 4.79 Å². The SMILES string of the molecule is CC(C)(C)C1CC(=Cc2cnn(CCCl)c2)C(=O)C(=Cc2cnn(CCCl)c2)C1. The van der Waals surface area contributed by atoms with Gasteiger partial charge < -0.3 is 0 Å². The summed E-state index contributed by atoms with van der Waals surface area (Å²) in [4.78, 5) is 13.2. The van der Waals surface area contributed by atoms with Crippen LogP contribution in [0.1, 0.15) is 44.7 Å². The van der Waals surface area contributed by atoms with Crippen LogP contribution in [0, 0.1) is 11.3 Å². The van der Waals surface area contributed by atoms with E-state index in [1.165, 1.54) is 0 Å². The molecule has 0 aromatic carbocycles. The van der Waals surface area contributed by atoms with Gasteiger partial charge in [0.2, 0.25) is 0 Å². The van der Waals surface area contributed by atoms with Gasteiger partial charge in [0, 0.05) is 46.4 Å². The molecular weight excluding hydrogens is 407 g/mol. The largest absolute Gasteiger partial charge is 0.289 e. The van der Waals surface area contributed by atoms with Gasteiger partial charge in [0.25, 0.3) is 0 Å². The number of allylic oxidation sites excluding steroid dienone is 2. The van der Waals surface area contributed by atoms with E-state index in [1.54, 1.807) is 21.8 Å². The number of ketones is 1. The van der Waals surface area contributed by atoms with E-state index >= 15 is 0 Å². The monoisotopic (exact) mass is 434 g/mol. The number of hydrogen-bond donors (Lipinski definition) is 0. The maximum Gasteiger partial charge on any atom is 0.185 e. The molecule has 7 heteroatoms. The Balaban J connectivity index is 1.92. The Morgan fingerprint density at radius 3 is 1.79 bits per heavy atom. The highest BCUT2D eigenvalue weighted by Crippen LogP contribution is 2.41. The van der Waals surface area contributed by atoms with E-state index in [-0.39, 0.29) is 11.2 Å². The van der Waals surface area contributed by atoms with Gasteiger partial charge in [-0.3, -0.25) is 14.2 Å². The highest BCUT2D eigenvalue weighted by molar-refractivity contribution is 6.18. The van der Waals surface area contributed by atoms with E-state index in [0.717, 1.165) is 35.1 Å². The maximum absolute atomic E-state index is 13.2. The van der Waals surface area contributed by atoms with Gasteiger partial charge in [0.15, 0.2) is 5.78 Å². The molecule has 1 aliphatic rings. The molecule has 1 saturated carbocycles. The minimum atomic E-state index is 0.102. The number of halogens is 2. The van der Waals surface area contributed by atoms with Gasteiger partial charge in [-0.05, 0) is 36.3 Å². The molecule has 0 saturated heterocycles. The van der Waals surface area contributed by atoms with E-state index in [1.807, 2.05) is 24.5 Å². The molecule has 2 aromatic rings. The first-order valence-corrected chi connectivity index (χ1v) is 11.0. The Bertz CT molecular complexity index is 851. The summed E-state index contributed by atoms with van der Waals surface area (Å²) < 4.78 is 3.60. The zero-order valence-corrected chi connectivity index (χ0v) is 18.7. The predicted octanol–water partition coefficient (Wildman–Crippen LogP) is 5.05. The number of carbonyl (C=O) groups is 1. The van der Waals surface area contributed by atoms with Crippen LogP contribution >= 0.6 is 23.2 Å². The second-order valence-electron chi connectivity index (χ2n) is 8.59. The molecule has 156 valence electrons. The van der Waals surface area contributed by atoms with Crippen molar-refractivity contribution in [3.8, 4) is 0 Å². The average molecular weight is 435 g/mol. The summed E-state index contributed by atoms with van der Waals surface area (Å²) in [6.45, 7) is 8.01. The fourth-order valence-electron chi connectivity index (χ4n) is 3.58. The van der Waals surface area contributed by atoms with Crippen molar-refractivity contribution < 1.29 is 4.79 Å². The first kappa shape index (κ1) is 21.8. The molecule has 2 aromatic heterocycles. The molecular formula is C22H28Cl2N4O. The van der Waals surface area contributed by atoms with Gasteiger partial charge >= 0.3 is 0 Å². The Kier molecular flexibility index (Phi) is 7.01. The normalized spacial score (nSPS) is 20.7. The molecule has 0 N–H and O–H groups in total. The Labute approximate surface area is 182 Å². The molecule has 0 amide bonds. The molecule has 0 unspecified atom stereocenters. The van der Waals surface area contributed by atoms with E-state index in [2.05, 4.69) is 31.0 Å². The fourth-order valence-corrected chi connectivity index (χ4v) is 3.93. The molecule has 0 spiro atoms. The Morgan fingerprint density at radius 1 is 0.966 bits per heavy atom. The first-order chi connectivity index (χ1) is 13.8. The number of aromatic nitrogens is 4. The van der Waals surface area contributed by atoms with Crippen LogP contribution in [0.15, 0.2) is 35.9 Å². The van der Waals surface area contributed by atoms with Crippen molar-refractivity contribution in [2.75, 3.05) is 11.8 Å². The van der Waals surface area contributed by atoms with Crippen molar-refractivity contribution in [1.82, 2.24) is 19.6 Å². The third kappa shape index (κ3) is 5.61. The molecule has 0 aliphatic heterocycles. The summed E-state index contributed by atoms with van der Waals surface area (Å²) >= 11 is 11.6. The van der Waals surface area contributed by atoms with Gasteiger partial charge in [-0.1, -0.05) is 20.8 Å². The highest BCUT2D eigenvalue weighted by Gasteiger charge is 2.34. The van der Waals surface area contributed by atoms with Crippen molar-refractivity contribution in [2.45, 2.75) is 46.7 Å². The molecule has 1 aliphatic carbocycles. The number of Topliss-reactive ketones (excluding diaryl/α,β-unsaturated/α-hetero) is 1. The number of nitrogens with zero attached hydrogens (tertiary/aromatic N) is 4. The number of hydrogen-bond acceptors (Lipinski definition) is 3. The van der Waals surface area contributed by atoms with Crippen molar-refractivity contribution in [2.24, 2.45) is 11.3 Å². The number of rotatable bonds is 6. The van der Waals surface area contributed by atoms with Crippen LogP contribution in [0.4, 0.5) is 0 Å². The zero-order chi connectivity index (χ0) is 21.0. The Hall–Kier alpha value is -1.85. The van der Waals surface area contributed by atoms with Crippen LogP contribution < -0.4 is 0 Å². The second kappa shape index (κ2) is 9.31. The maximum atomic E-state index is 13.2.